The highest BCUT2D eigenvalue weighted by Crippen LogP contribution is 2.43. The Hall–Kier alpha value is -5.13. The summed E-state index contributed by atoms with van der Waals surface area (Å²) in [5.74, 6) is 1.40. The largest absolute Gasteiger partial charge is 0.497 e. The van der Waals surface area contributed by atoms with E-state index < -0.39 is 6.04 Å². The molecule has 1 unspecified atom stereocenters. The molecule has 5 rings (SSSR count). The fourth-order valence-electron chi connectivity index (χ4n) is 5.03. The van der Waals surface area contributed by atoms with E-state index in [9.17, 15) is 9.59 Å². The molecule has 0 fully saturated rings. The van der Waals surface area contributed by atoms with Crippen molar-refractivity contribution in [2.75, 3.05) is 55.3 Å². The van der Waals surface area contributed by atoms with E-state index in [-0.39, 0.29) is 23.5 Å². The van der Waals surface area contributed by atoms with E-state index in [4.69, 9.17) is 26.1 Å². The van der Waals surface area contributed by atoms with Crippen molar-refractivity contribution in [3.63, 3.8) is 0 Å². The molecule has 0 saturated carbocycles. The molecule has 0 saturated heterocycles. The zero-order chi connectivity index (χ0) is 32.8. The maximum atomic E-state index is 14.5. The number of hydrogen-bond acceptors (Lipinski definition) is 8. The predicted molar refractivity (Wildman–Crippen MR) is 182 cm³/mol. The highest BCUT2D eigenvalue weighted by Gasteiger charge is 2.38. The normalized spacial score (nSPS) is 13.5. The van der Waals surface area contributed by atoms with Crippen LogP contribution in [0.3, 0.4) is 0 Å². The van der Waals surface area contributed by atoms with Crippen LogP contribution in [0.15, 0.2) is 85.1 Å². The molecule has 46 heavy (non-hydrogen) atoms. The number of nitrogens with zero attached hydrogens (tertiary/aromatic N) is 5. The lowest BCUT2D eigenvalue weighted by molar-refractivity contribution is -0.111. The van der Waals surface area contributed by atoms with Crippen molar-refractivity contribution in [2.24, 2.45) is 0 Å². The number of aromatic nitrogens is 2. The van der Waals surface area contributed by atoms with Crippen molar-refractivity contribution < 1.29 is 19.1 Å². The maximum absolute atomic E-state index is 14.5. The van der Waals surface area contributed by atoms with E-state index in [0.29, 0.717) is 46.7 Å². The van der Waals surface area contributed by atoms with Crippen LogP contribution in [0, 0.1) is 0 Å². The number of hydrogen-bond donors (Lipinski definition) is 2. The second kappa shape index (κ2) is 14.3. The molecule has 12 heteroatoms. The molecule has 0 spiro atoms. The molecular formula is C34H36ClN7O4. The number of anilines is 5. The average Bonchev–Trinajstić information content (AvgIpc) is 3.05. The topological polar surface area (TPSA) is 112 Å². The minimum absolute atomic E-state index is 0.161. The number of carbonyl (C=O) groups excluding carboxylic acids is 2. The third-order valence-electron chi connectivity index (χ3n) is 7.37. The molecule has 3 aromatic carbocycles. The Bertz CT molecular complexity index is 1750. The summed E-state index contributed by atoms with van der Waals surface area (Å²) in [5, 5.41) is 6.40. The number of para-hydroxylation sites is 1. The highest BCUT2D eigenvalue weighted by molar-refractivity contribution is 6.35. The molecule has 238 valence electrons. The Morgan fingerprint density at radius 3 is 2.54 bits per heavy atom. The summed E-state index contributed by atoms with van der Waals surface area (Å²) in [6, 6.07) is 19.4. The summed E-state index contributed by atoms with van der Waals surface area (Å²) in [6.07, 6.45) is 5.00. The molecule has 0 radical (unpaired) electrons. The third kappa shape index (κ3) is 7.22. The number of halogens is 1. The van der Waals surface area contributed by atoms with Crippen molar-refractivity contribution in [2.45, 2.75) is 19.5 Å². The number of fused-ring (bicyclic) bond motifs is 1. The second-order valence-corrected chi connectivity index (χ2v) is 11.3. The molecular weight excluding hydrogens is 606 g/mol. The molecule has 1 aliphatic heterocycles. The third-order valence-corrected chi connectivity index (χ3v) is 7.75. The fraction of sp³-hybridized carbons (Fsp3) is 0.235. The van der Waals surface area contributed by atoms with Gasteiger partial charge in [-0.05, 0) is 50.8 Å². The minimum atomic E-state index is -0.513. The van der Waals surface area contributed by atoms with Crippen LogP contribution >= 0.6 is 11.6 Å². The van der Waals surface area contributed by atoms with Crippen LogP contribution in [-0.2, 0) is 11.3 Å². The molecule has 11 nitrogen and oxygen atoms in total. The average molecular weight is 642 g/mol. The van der Waals surface area contributed by atoms with E-state index in [1.54, 1.807) is 40.3 Å². The molecule has 1 aliphatic rings. The van der Waals surface area contributed by atoms with Gasteiger partial charge in [-0.2, -0.15) is 4.98 Å². The Kier molecular flexibility index (Phi) is 10.0. The summed E-state index contributed by atoms with van der Waals surface area (Å²) in [4.78, 5) is 41.6. The van der Waals surface area contributed by atoms with Gasteiger partial charge in [0.2, 0.25) is 11.9 Å². The quantitative estimate of drug-likeness (QED) is 0.175. The summed E-state index contributed by atoms with van der Waals surface area (Å²) in [5.41, 5.74) is 3.31. The summed E-state index contributed by atoms with van der Waals surface area (Å²) >= 11 is 6.76. The number of carbonyl (C=O) groups is 2. The van der Waals surface area contributed by atoms with E-state index in [1.807, 2.05) is 74.4 Å². The number of rotatable bonds is 11. The van der Waals surface area contributed by atoms with Crippen LogP contribution in [0.2, 0.25) is 5.02 Å². The zero-order valence-corrected chi connectivity index (χ0v) is 27.1. The van der Waals surface area contributed by atoms with Gasteiger partial charge in [0.05, 0.1) is 32.5 Å². The van der Waals surface area contributed by atoms with Gasteiger partial charge in [0, 0.05) is 47.9 Å². The van der Waals surface area contributed by atoms with Gasteiger partial charge >= 0.3 is 6.03 Å². The minimum Gasteiger partial charge on any atom is -0.497 e. The van der Waals surface area contributed by atoms with Gasteiger partial charge in [0.25, 0.3) is 0 Å². The first kappa shape index (κ1) is 32.3. The number of ether oxygens (including phenoxy) is 2. The summed E-state index contributed by atoms with van der Waals surface area (Å²) in [7, 11) is 6.90. The Morgan fingerprint density at radius 1 is 1.07 bits per heavy atom. The number of benzene rings is 3. The van der Waals surface area contributed by atoms with Crippen LogP contribution in [0.4, 0.5) is 33.6 Å². The first-order chi connectivity index (χ1) is 22.2. The van der Waals surface area contributed by atoms with Gasteiger partial charge in [0.15, 0.2) is 0 Å². The van der Waals surface area contributed by atoms with Crippen molar-refractivity contribution in [1.82, 2.24) is 14.9 Å². The molecule has 1 atom stereocenters. The Balaban J connectivity index is 1.54. The lowest BCUT2D eigenvalue weighted by Gasteiger charge is -2.39. The highest BCUT2D eigenvalue weighted by atomic mass is 35.5. The van der Waals surface area contributed by atoms with Gasteiger partial charge in [-0.15, -0.1) is 0 Å². The molecule has 0 bridgehead atoms. The van der Waals surface area contributed by atoms with Crippen LogP contribution in [0.5, 0.6) is 11.5 Å². The molecule has 2 N–H and O–H groups in total. The van der Waals surface area contributed by atoms with E-state index >= 15 is 0 Å². The molecule has 4 aromatic rings. The van der Waals surface area contributed by atoms with Crippen LogP contribution in [0.25, 0.3) is 0 Å². The zero-order valence-electron chi connectivity index (χ0n) is 26.3. The smallest absolute Gasteiger partial charge is 0.331 e. The SMILES string of the molecule is COc1cc(OC)c(Cl)c(N2Cc3cnc(Nc4ccccc4)nc3N(C(C)c3cccc(NC(=O)/C=C/CN(C)C)c3)C2=O)c1. The first-order valence-electron chi connectivity index (χ1n) is 14.6. The van der Waals surface area contributed by atoms with E-state index in [0.717, 1.165) is 11.3 Å². The number of methoxy groups -OCH3 is 2. The Labute approximate surface area is 273 Å². The lowest BCUT2D eigenvalue weighted by atomic mass is 10.0. The first-order valence-corrected chi connectivity index (χ1v) is 15.0. The van der Waals surface area contributed by atoms with Gasteiger partial charge in [-0.1, -0.05) is 48.0 Å². The number of amides is 3. The van der Waals surface area contributed by atoms with Crippen LogP contribution < -0.4 is 29.9 Å². The van der Waals surface area contributed by atoms with Gasteiger partial charge in [-0.3, -0.25) is 14.6 Å². The van der Waals surface area contributed by atoms with Crippen LogP contribution in [-0.4, -0.2) is 61.7 Å². The van der Waals surface area contributed by atoms with Gasteiger partial charge in [-0.25, -0.2) is 9.78 Å². The molecule has 0 aliphatic carbocycles. The second-order valence-electron chi connectivity index (χ2n) is 10.9. The van der Waals surface area contributed by atoms with Gasteiger partial charge in [0.1, 0.15) is 22.3 Å². The lowest BCUT2D eigenvalue weighted by Crippen LogP contribution is -2.49. The summed E-state index contributed by atoms with van der Waals surface area (Å²) in [6.45, 7) is 2.71. The number of urea groups is 1. The molecule has 1 aromatic heterocycles. The fourth-order valence-corrected chi connectivity index (χ4v) is 5.31. The molecule has 3 amide bonds. The van der Waals surface area contributed by atoms with Crippen LogP contribution in [0.1, 0.15) is 24.1 Å². The summed E-state index contributed by atoms with van der Waals surface area (Å²) < 4.78 is 11.0. The van der Waals surface area contributed by atoms with Crippen molar-refractivity contribution >= 4 is 52.4 Å². The van der Waals surface area contributed by atoms with Crippen molar-refractivity contribution in [1.29, 1.82) is 0 Å². The van der Waals surface area contributed by atoms with Gasteiger partial charge < -0.3 is 25.0 Å². The van der Waals surface area contributed by atoms with E-state index in [1.165, 1.54) is 20.3 Å². The van der Waals surface area contributed by atoms with Crippen molar-refractivity contribution in [3.8, 4) is 11.5 Å². The number of nitrogens with one attached hydrogen (secondary N) is 2. The molecule has 2 heterocycles. The Morgan fingerprint density at radius 2 is 1.83 bits per heavy atom. The van der Waals surface area contributed by atoms with Crippen molar-refractivity contribution in [3.05, 3.63) is 101 Å². The number of likely N-dealkylation sites (N-methyl/N-ethyl adjacent to an activating group) is 1. The standard InChI is InChI=1S/C34H36ClN7O4/c1-22(23-11-9-14-26(17-23)37-30(43)15-10-16-40(2)3)42-32-24(20-36-33(39-32)38-25-12-7-6-8-13-25)21-41(34(42)44)28-18-27(45-4)19-29(46-5)31(28)35/h6-15,17-20,22H,16,21H2,1-5H3,(H,37,43)(H,36,38,39)/b15-10+. The maximum Gasteiger partial charge on any atom is 0.331 e. The van der Waals surface area contributed by atoms with E-state index in [2.05, 4.69) is 15.6 Å². The monoisotopic (exact) mass is 641 g/mol. The predicted octanol–water partition coefficient (Wildman–Crippen LogP) is 6.65.